The lowest BCUT2D eigenvalue weighted by Crippen LogP contribution is -2.65. The number of amides is 4. The average molecular weight is 1270 g/mol. The molecule has 2 aromatic rings. The summed E-state index contributed by atoms with van der Waals surface area (Å²) in [5.41, 5.74) is 20.1. The Hall–Kier alpha value is -7.31. The molecule has 24 heteroatoms. The Morgan fingerprint density at radius 1 is 0.659 bits per heavy atom. The van der Waals surface area contributed by atoms with Crippen molar-refractivity contribution in [3.8, 4) is 23.0 Å². The molecule has 91 heavy (non-hydrogen) atoms. The summed E-state index contributed by atoms with van der Waals surface area (Å²) in [6.45, 7) is 10.2. The van der Waals surface area contributed by atoms with Crippen molar-refractivity contribution in [2.45, 2.75) is 204 Å². The first-order chi connectivity index (χ1) is 43.1. The van der Waals surface area contributed by atoms with Gasteiger partial charge in [-0.1, -0.05) is 19.6 Å². The minimum Gasteiger partial charge on any atom is -0.477 e. The number of benzene rings is 2. The van der Waals surface area contributed by atoms with E-state index in [0.29, 0.717) is 131 Å². The number of rotatable bonds is 28. The lowest BCUT2D eigenvalue weighted by molar-refractivity contribution is -0.138. The average Bonchev–Trinajstić information content (AvgIpc) is 1.59. The summed E-state index contributed by atoms with van der Waals surface area (Å²) in [6, 6.07) is 6.83. The third-order valence-corrected chi connectivity index (χ3v) is 20.3. The third-order valence-electron chi connectivity index (χ3n) is 20.3. The maximum Gasteiger partial charge on any atom is 0.415 e. The molecule has 2 aromatic carbocycles. The van der Waals surface area contributed by atoms with Crippen LogP contribution in [0.5, 0.6) is 23.0 Å². The monoisotopic (exact) mass is 1260 g/mol. The van der Waals surface area contributed by atoms with Gasteiger partial charge in [0.2, 0.25) is 11.8 Å². The van der Waals surface area contributed by atoms with Crippen LogP contribution in [-0.2, 0) is 62.0 Å². The number of hydrogen-bond donors (Lipinski definition) is 5. The van der Waals surface area contributed by atoms with Gasteiger partial charge in [0.25, 0.3) is 0 Å². The molecular weight excluding hydrogens is 1170 g/mol. The normalized spacial score (nSPS) is 24.8. The van der Waals surface area contributed by atoms with E-state index in [1.807, 2.05) is 26.0 Å². The molecule has 4 amide bonds. The third kappa shape index (κ3) is 14.5. The summed E-state index contributed by atoms with van der Waals surface area (Å²) in [4.78, 5) is 138. The molecule has 4 heterocycles. The van der Waals surface area contributed by atoms with Crippen LogP contribution in [0.2, 0.25) is 0 Å². The molecule has 0 radical (unpaired) electrons. The van der Waals surface area contributed by atoms with Crippen LogP contribution in [0.1, 0.15) is 167 Å². The molecule has 2 saturated carbocycles. The zero-order valence-corrected chi connectivity index (χ0v) is 53.2. The van der Waals surface area contributed by atoms with Crippen molar-refractivity contribution in [3.63, 3.8) is 0 Å². The van der Waals surface area contributed by atoms with Crippen molar-refractivity contribution in [2.75, 3.05) is 66.5 Å². The Morgan fingerprint density at radius 2 is 1.09 bits per heavy atom. The van der Waals surface area contributed by atoms with E-state index in [4.69, 9.17) is 36.1 Å². The van der Waals surface area contributed by atoms with Crippen LogP contribution in [0.15, 0.2) is 29.3 Å². The summed E-state index contributed by atoms with van der Waals surface area (Å²) in [6.07, 6.45) is 7.01. The zero-order chi connectivity index (χ0) is 64.8. The van der Waals surface area contributed by atoms with Crippen LogP contribution in [0.3, 0.4) is 0 Å². The minimum atomic E-state index is -0.798. The van der Waals surface area contributed by atoms with Crippen molar-refractivity contribution in [3.05, 3.63) is 46.5 Å². The lowest BCUT2D eigenvalue weighted by atomic mass is 9.52. The fraction of sp³-hybridized carbons (Fsp3) is 0.657. The topological polar surface area (TPSA) is 335 Å². The number of guanidine groups is 1. The number of ether oxygens (including phenoxy) is 4. The number of nitrogens with one attached hydrogen (secondary N) is 2. The number of unbranched alkanes of at least 4 members (excludes halogenated alkanes) is 1. The van der Waals surface area contributed by atoms with E-state index in [1.165, 1.54) is 29.2 Å². The summed E-state index contributed by atoms with van der Waals surface area (Å²) in [5, 5.41) is 5.35. The van der Waals surface area contributed by atoms with Gasteiger partial charge < -0.3 is 66.4 Å². The van der Waals surface area contributed by atoms with Crippen molar-refractivity contribution in [2.24, 2.45) is 34.0 Å². The van der Waals surface area contributed by atoms with Gasteiger partial charge >= 0.3 is 12.2 Å². The lowest BCUT2D eigenvalue weighted by Gasteiger charge is -2.57. The molecule has 498 valence electrons. The van der Waals surface area contributed by atoms with Crippen molar-refractivity contribution >= 4 is 64.7 Å². The highest BCUT2D eigenvalue weighted by Gasteiger charge is 2.67. The molecule has 2 saturated heterocycles. The highest BCUT2D eigenvalue weighted by Crippen LogP contribution is 2.65. The number of ketones is 6. The van der Waals surface area contributed by atoms with Crippen LogP contribution < -0.4 is 46.8 Å². The van der Waals surface area contributed by atoms with Gasteiger partial charge in [0, 0.05) is 92.4 Å². The van der Waals surface area contributed by atoms with E-state index in [0.717, 1.165) is 74.7 Å². The van der Waals surface area contributed by atoms with Crippen LogP contribution >= 0.6 is 0 Å². The Balaban J connectivity index is 0.000000232. The van der Waals surface area contributed by atoms with E-state index in [-0.39, 0.29) is 91.1 Å². The van der Waals surface area contributed by atoms with Crippen LogP contribution in [-0.4, -0.2) is 187 Å². The number of carbonyl (C=O) groups is 10. The number of carbonyl (C=O) groups excluding carboxylic acids is 10. The standard InChI is InChI=1S/C33H46N6O7.C33H46N4O7.CH4/c1-4-39(15-6-8-24(41)22(7-5-14-36-31(34)35)37-27(43)17-19(2)40)32(44)45-26-12-9-20-18-23-21-10-11-25(42)30-33(21,13-16-38(23)3)28(20)29(26)46-30;1-4-37(16-7-9-25(39)23(8-5-6-15-34)35-28(41)18-20(2)38)32(42)43-27-13-10-21-19-24-22-11-12-26(40)31-33(22,14-17-36(24)3)29(21)30(27)44-31;/h9,12,21-23,30H,4-8,10-11,13-18H2,1-3H3,(H,37,43)(H4,34,35,36);10,13,22-24,31H,4-9,11-12,14-19,34H2,1-3H3,(H,35,41);1H4/t21?,22-,23+,30-,33-;22?,23-,24+,31-,33-;/m00./s1. The Kier molecular flexibility index (Phi) is 22.9. The van der Waals surface area contributed by atoms with E-state index in [9.17, 15) is 47.9 Å². The highest BCUT2D eigenvalue weighted by molar-refractivity contribution is 6.00. The van der Waals surface area contributed by atoms with Gasteiger partial charge in [0.15, 0.2) is 64.3 Å². The molecule has 2 spiro atoms. The summed E-state index contributed by atoms with van der Waals surface area (Å²) in [5.74, 6) is 0.657. The van der Waals surface area contributed by atoms with E-state index in [1.54, 1.807) is 12.1 Å². The number of hydrogen-bond acceptors (Lipinski definition) is 18. The van der Waals surface area contributed by atoms with E-state index >= 15 is 0 Å². The molecule has 2 unspecified atom stereocenters. The molecule has 0 aromatic heterocycles. The second-order valence-corrected chi connectivity index (χ2v) is 25.9. The van der Waals surface area contributed by atoms with Crippen molar-refractivity contribution in [1.82, 2.24) is 30.2 Å². The molecule has 4 aliphatic carbocycles. The van der Waals surface area contributed by atoms with Crippen LogP contribution in [0.25, 0.3) is 0 Å². The summed E-state index contributed by atoms with van der Waals surface area (Å²) >= 11 is 0. The van der Waals surface area contributed by atoms with Crippen LogP contribution in [0, 0.1) is 11.8 Å². The second kappa shape index (κ2) is 30.0. The Bertz CT molecular complexity index is 3150. The Morgan fingerprint density at radius 3 is 1.48 bits per heavy atom. The number of nitrogens with zero attached hydrogens (tertiary/aromatic N) is 5. The maximum absolute atomic E-state index is 13.4. The van der Waals surface area contributed by atoms with Gasteiger partial charge in [-0.05, 0) is 180 Å². The second-order valence-electron chi connectivity index (χ2n) is 25.9. The molecule has 4 aliphatic heterocycles. The summed E-state index contributed by atoms with van der Waals surface area (Å²) in [7, 11) is 4.33. The predicted octanol–water partition coefficient (Wildman–Crippen LogP) is 4.94. The molecular formula is C67H96N10O14. The predicted molar refractivity (Wildman–Crippen MR) is 339 cm³/mol. The van der Waals surface area contributed by atoms with E-state index < -0.39 is 48.3 Å². The first-order valence-corrected chi connectivity index (χ1v) is 32.5. The van der Waals surface area contributed by atoms with Gasteiger partial charge in [0.1, 0.15) is 11.6 Å². The number of Topliss-reactive ketones (excluding diaryl/α,β-unsaturated/α-hetero) is 6. The fourth-order valence-corrected chi connectivity index (χ4v) is 16.1. The van der Waals surface area contributed by atoms with Crippen molar-refractivity contribution < 1.29 is 66.9 Å². The summed E-state index contributed by atoms with van der Waals surface area (Å²) < 4.78 is 24.7. The SMILES string of the molecule is C.CCN(CCCC(=O)[C@H](CCCCN)NC(=O)CC(C)=O)C(=O)Oc1ccc2c3c1O[C@H]1C(=O)CCC4[C@@H](C2)N(C)CC[C@@]341.CCN(CCCC(=O)[C@H](CCCN=C(N)N)NC(=O)CC(C)=O)C(=O)Oc1ccc2c3c1O[C@H]1C(=O)CCC4[C@@H](C2)N(C)CC[C@@]341. The Labute approximate surface area is 534 Å². The van der Waals surface area contributed by atoms with E-state index in [2.05, 4.69) is 39.5 Å². The molecule has 24 nitrogen and oxygen atoms in total. The van der Waals surface area contributed by atoms with Gasteiger partial charge in [-0.25, -0.2) is 9.59 Å². The van der Waals surface area contributed by atoms with Gasteiger partial charge in [-0.2, -0.15) is 0 Å². The first kappa shape index (κ1) is 69.6. The van der Waals surface area contributed by atoms with Gasteiger partial charge in [0.05, 0.1) is 24.9 Å². The van der Waals surface area contributed by atoms with Gasteiger partial charge in [-0.3, -0.25) is 43.3 Å². The molecule has 4 bridgehead atoms. The molecule has 8 aliphatic rings. The quantitative estimate of drug-likeness (QED) is 0.0326. The molecule has 8 N–H and O–H groups in total. The number of aliphatic imine (C=N–C) groups is 1. The highest BCUT2D eigenvalue weighted by atomic mass is 16.6. The van der Waals surface area contributed by atoms with Crippen molar-refractivity contribution in [1.29, 1.82) is 0 Å². The molecule has 10 atom stereocenters. The number of nitrogens with two attached hydrogens (primary N) is 3. The zero-order valence-electron chi connectivity index (χ0n) is 53.2. The van der Waals surface area contributed by atoms with Crippen LogP contribution in [0.4, 0.5) is 9.59 Å². The molecule has 4 fully saturated rings. The number of likely N-dealkylation sites (N-methyl/N-ethyl adjacent to an activating group) is 2. The largest absolute Gasteiger partial charge is 0.477 e. The fourth-order valence-electron chi connectivity index (χ4n) is 16.1. The first-order valence-electron chi connectivity index (χ1n) is 32.5. The molecule has 10 rings (SSSR count). The van der Waals surface area contributed by atoms with Gasteiger partial charge in [-0.15, -0.1) is 0 Å². The maximum atomic E-state index is 13.4. The number of piperidine rings is 2. The number of likely N-dealkylation sites (tertiary alicyclic amines) is 2. The smallest absolute Gasteiger partial charge is 0.415 e. The minimum absolute atomic E-state index is 0.